The van der Waals surface area contributed by atoms with E-state index in [0.717, 1.165) is 0 Å². The molecule has 0 aliphatic rings. The summed E-state index contributed by atoms with van der Waals surface area (Å²) in [6.45, 7) is 4.09. The minimum absolute atomic E-state index is 0.192. The predicted octanol–water partition coefficient (Wildman–Crippen LogP) is 6.31. The number of amides is 2. The van der Waals surface area contributed by atoms with Crippen molar-refractivity contribution in [2.45, 2.75) is 19.9 Å². The number of anilines is 1. The van der Waals surface area contributed by atoms with Gasteiger partial charge in [-0.15, -0.1) is 0 Å². The van der Waals surface area contributed by atoms with Crippen LogP contribution in [0.15, 0.2) is 77.6 Å². The average molecular weight is 481 g/mol. The predicted molar refractivity (Wildman–Crippen MR) is 134 cm³/mol. The first-order valence-electron chi connectivity index (χ1n) is 10.5. The van der Waals surface area contributed by atoms with Gasteiger partial charge < -0.3 is 10.2 Å². The van der Waals surface area contributed by atoms with Gasteiger partial charge in [0.15, 0.2) is 0 Å². The summed E-state index contributed by atoms with van der Waals surface area (Å²) in [5.41, 5.74) is 1.47. The molecule has 0 fully saturated rings. The summed E-state index contributed by atoms with van der Waals surface area (Å²) in [5.74, 6) is 0.457. The number of halogens is 2. The zero-order chi connectivity index (χ0) is 23.5. The first-order valence-corrected chi connectivity index (χ1v) is 11.3. The van der Waals surface area contributed by atoms with Gasteiger partial charge in [-0.3, -0.25) is 9.36 Å². The van der Waals surface area contributed by atoms with Crippen LogP contribution in [0.4, 0.5) is 10.5 Å². The molecule has 4 rings (SSSR count). The molecule has 0 saturated heterocycles. The Hall–Kier alpha value is -3.35. The summed E-state index contributed by atoms with van der Waals surface area (Å²) in [6.07, 6.45) is 0. The third-order valence-corrected chi connectivity index (χ3v) is 6.27. The lowest BCUT2D eigenvalue weighted by Gasteiger charge is -2.29. The highest BCUT2D eigenvalue weighted by atomic mass is 35.5. The van der Waals surface area contributed by atoms with Crippen molar-refractivity contribution >= 4 is 45.8 Å². The number of carbonyl (C=O) groups excluding carboxylic acids is 1. The molecule has 33 heavy (non-hydrogen) atoms. The molecule has 1 aromatic heterocycles. The largest absolute Gasteiger partial charge is 0.322 e. The minimum Gasteiger partial charge on any atom is -0.315 e. The third-order valence-electron chi connectivity index (χ3n) is 5.45. The molecule has 0 bridgehead atoms. The number of hydrogen-bond acceptors (Lipinski definition) is 3. The van der Waals surface area contributed by atoms with E-state index in [1.54, 1.807) is 39.8 Å². The van der Waals surface area contributed by atoms with Crippen LogP contribution in [0.5, 0.6) is 0 Å². The molecule has 1 heterocycles. The van der Waals surface area contributed by atoms with E-state index in [0.29, 0.717) is 39.7 Å². The van der Waals surface area contributed by atoms with E-state index < -0.39 is 6.04 Å². The molecule has 2 amide bonds. The Morgan fingerprint density at radius 3 is 2.45 bits per heavy atom. The number of nitrogens with zero attached hydrogens (tertiary/aromatic N) is 3. The van der Waals surface area contributed by atoms with Crippen LogP contribution in [0.25, 0.3) is 16.6 Å². The molecule has 3 aromatic carbocycles. The lowest BCUT2D eigenvalue weighted by atomic mass is 10.2. The zero-order valence-electron chi connectivity index (χ0n) is 18.1. The number of nitrogens with one attached hydrogen (secondary N) is 1. The molecule has 4 aromatic rings. The van der Waals surface area contributed by atoms with Crippen LogP contribution in [0.1, 0.15) is 25.7 Å². The molecule has 1 atom stereocenters. The Morgan fingerprint density at radius 2 is 1.73 bits per heavy atom. The van der Waals surface area contributed by atoms with Crippen LogP contribution in [-0.4, -0.2) is 27.0 Å². The number of hydrogen-bond donors (Lipinski definition) is 1. The number of benzene rings is 3. The molecule has 0 spiro atoms. The highest BCUT2D eigenvalue weighted by Crippen LogP contribution is 2.30. The topological polar surface area (TPSA) is 67.2 Å². The van der Waals surface area contributed by atoms with E-state index in [1.165, 1.54) is 0 Å². The fourth-order valence-corrected chi connectivity index (χ4v) is 4.12. The maximum absolute atomic E-state index is 13.5. The summed E-state index contributed by atoms with van der Waals surface area (Å²) in [4.78, 5) is 33.1. The fourth-order valence-electron chi connectivity index (χ4n) is 3.78. The maximum atomic E-state index is 13.5. The zero-order valence-corrected chi connectivity index (χ0v) is 19.6. The number of carbonyl (C=O) groups is 1. The van der Waals surface area contributed by atoms with Crippen molar-refractivity contribution in [2.75, 3.05) is 11.9 Å². The van der Waals surface area contributed by atoms with Gasteiger partial charge in [-0.25, -0.2) is 9.78 Å². The molecule has 0 radical (unpaired) electrons. The number of para-hydroxylation sites is 2. The fraction of sp³-hybridized carbons (Fsp3) is 0.160. The number of rotatable bonds is 5. The van der Waals surface area contributed by atoms with Gasteiger partial charge in [0, 0.05) is 6.54 Å². The van der Waals surface area contributed by atoms with E-state index >= 15 is 0 Å². The van der Waals surface area contributed by atoms with Crippen molar-refractivity contribution in [3.63, 3.8) is 0 Å². The van der Waals surface area contributed by atoms with Gasteiger partial charge in [-0.2, -0.15) is 0 Å². The molecular formula is C25H22Cl2N4O2. The summed E-state index contributed by atoms with van der Waals surface area (Å²) in [7, 11) is 0. The van der Waals surface area contributed by atoms with Gasteiger partial charge in [0.25, 0.3) is 5.56 Å². The van der Waals surface area contributed by atoms with Crippen molar-refractivity contribution in [1.82, 2.24) is 14.5 Å². The van der Waals surface area contributed by atoms with Gasteiger partial charge >= 0.3 is 6.03 Å². The van der Waals surface area contributed by atoms with Crippen LogP contribution >= 0.6 is 23.2 Å². The first kappa shape index (κ1) is 22.8. The Balaban J connectivity index is 1.80. The standard InChI is InChI=1S/C25H22Cl2N4O2/c1-3-30(25(33)29-21-15-9-13-19(26)22(21)27)16(2)23-28-20-14-8-7-12-18(20)24(32)31(23)17-10-5-4-6-11-17/h4-16H,3H2,1-2H3,(H,29,33). The van der Waals surface area contributed by atoms with E-state index in [4.69, 9.17) is 28.2 Å². The molecular weight excluding hydrogens is 459 g/mol. The van der Waals surface area contributed by atoms with Crippen molar-refractivity contribution in [1.29, 1.82) is 0 Å². The summed E-state index contributed by atoms with van der Waals surface area (Å²) >= 11 is 12.3. The molecule has 0 aliphatic heterocycles. The highest BCUT2D eigenvalue weighted by Gasteiger charge is 2.26. The molecule has 1 N–H and O–H groups in total. The Morgan fingerprint density at radius 1 is 1.03 bits per heavy atom. The Kier molecular flexibility index (Phi) is 6.67. The molecule has 8 heteroatoms. The smallest absolute Gasteiger partial charge is 0.315 e. The average Bonchev–Trinajstić information content (AvgIpc) is 2.83. The van der Waals surface area contributed by atoms with Crippen LogP contribution in [0, 0.1) is 0 Å². The van der Waals surface area contributed by atoms with Crippen molar-refractivity contribution in [2.24, 2.45) is 0 Å². The second-order valence-corrected chi connectivity index (χ2v) is 8.24. The van der Waals surface area contributed by atoms with Crippen LogP contribution in [0.3, 0.4) is 0 Å². The second-order valence-electron chi connectivity index (χ2n) is 7.46. The first-order chi connectivity index (χ1) is 15.9. The summed E-state index contributed by atoms with van der Waals surface area (Å²) < 4.78 is 1.56. The minimum atomic E-state index is -0.523. The van der Waals surface area contributed by atoms with Crippen molar-refractivity contribution in [3.05, 3.63) is 99.0 Å². The summed E-state index contributed by atoms with van der Waals surface area (Å²) in [5, 5.41) is 3.94. The molecule has 0 saturated carbocycles. The van der Waals surface area contributed by atoms with E-state index in [-0.39, 0.29) is 16.6 Å². The second kappa shape index (κ2) is 9.65. The Labute approximate surface area is 201 Å². The molecule has 0 aliphatic carbocycles. The van der Waals surface area contributed by atoms with Gasteiger partial charge in [-0.1, -0.05) is 59.6 Å². The monoisotopic (exact) mass is 480 g/mol. The SMILES string of the molecule is CCN(C(=O)Nc1cccc(Cl)c1Cl)C(C)c1nc2ccccc2c(=O)n1-c1ccccc1. The number of aromatic nitrogens is 2. The summed E-state index contributed by atoms with van der Waals surface area (Å²) in [6, 6.07) is 20.6. The quantitative estimate of drug-likeness (QED) is 0.363. The molecule has 1 unspecified atom stereocenters. The highest BCUT2D eigenvalue weighted by molar-refractivity contribution is 6.43. The van der Waals surface area contributed by atoms with Crippen LogP contribution in [-0.2, 0) is 0 Å². The van der Waals surface area contributed by atoms with E-state index in [2.05, 4.69) is 5.32 Å². The van der Waals surface area contributed by atoms with Crippen LogP contribution < -0.4 is 10.9 Å². The normalized spacial score (nSPS) is 11.9. The molecule has 168 valence electrons. The van der Waals surface area contributed by atoms with E-state index in [9.17, 15) is 9.59 Å². The number of urea groups is 1. The number of fused-ring (bicyclic) bond motifs is 1. The maximum Gasteiger partial charge on any atom is 0.322 e. The third kappa shape index (κ3) is 4.45. The van der Waals surface area contributed by atoms with Crippen LogP contribution in [0.2, 0.25) is 10.0 Å². The van der Waals surface area contributed by atoms with Gasteiger partial charge in [0.2, 0.25) is 0 Å². The van der Waals surface area contributed by atoms with Gasteiger partial charge in [-0.05, 0) is 50.2 Å². The van der Waals surface area contributed by atoms with Gasteiger partial charge in [0.1, 0.15) is 5.82 Å². The lowest BCUT2D eigenvalue weighted by Crippen LogP contribution is -2.39. The van der Waals surface area contributed by atoms with Crippen molar-refractivity contribution < 1.29 is 4.79 Å². The van der Waals surface area contributed by atoms with Gasteiger partial charge in [0.05, 0.1) is 38.4 Å². The Bertz CT molecular complexity index is 1370. The van der Waals surface area contributed by atoms with E-state index in [1.807, 2.05) is 56.3 Å². The lowest BCUT2D eigenvalue weighted by molar-refractivity contribution is 0.193. The molecule has 6 nitrogen and oxygen atoms in total. The van der Waals surface area contributed by atoms with Crippen molar-refractivity contribution in [3.8, 4) is 5.69 Å².